The van der Waals surface area contributed by atoms with Gasteiger partial charge in [-0.25, -0.2) is 0 Å². The van der Waals surface area contributed by atoms with Gasteiger partial charge in [0.25, 0.3) is 5.91 Å². The number of rotatable bonds is 4. The molecule has 0 saturated heterocycles. The first-order valence-corrected chi connectivity index (χ1v) is 9.21. The molecular weight excluding hydrogens is 350 g/mol. The summed E-state index contributed by atoms with van der Waals surface area (Å²) >= 11 is 1.16. The number of anilines is 1. The molecule has 0 unspecified atom stereocenters. The molecule has 8 heteroatoms. The molecule has 0 fully saturated rings. The molecule has 1 aromatic carbocycles. The zero-order valence-corrected chi connectivity index (χ0v) is 15.2. The monoisotopic (exact) mass is 369 g/mol. The summed E-state index contributed by atoms with van der Waals surface area (Å²) < 4.78 is 1.93. The Bertz CT molecular complexity index is 915. The van der Waals surface area contributed by atoms with Crippen molar-refractivity contribution in [2.75, 3.05) is 11.9 Å². The average Bonchev–Trinajstić information content (AvgIpc) is 3.18. The molecule has 0 atom stereocenters. The Balaban J connectivity index is 1.43. The Morgan fingerprint density at radius 2 is 2.12 bits per heavy atom. The van der Waals surface area contributed by atoms with Crippen LogP contribution in [0, 0.1) is 6.92 Å². The molecule has 3 heterocycles. The zero-order chi connectivity index (χ0) is 18.1. The number of carbonyl (C=O) groups is 1. The third-order valence-electron chi connectivity index (χ3n) is 4.33. The van der Waals surface area contributed by atoms with Gasteiger partial charge in [0.2, 0.25) is 5.88 Å². The van der Waals surface area contributed by atoms with Gasteiger partial charge in [-0.05, 0) is 12.5 Å². The van der Waals surface area contributed by atoms with E-state index in [9.17, 15) is 9.90 Å². The number of aryl methyl sites for hydroxylation is 1. The molecular formula is C18H19N5O2S. The predicted octanol–water partition coefficient (Wildman–Crippen LogP) is 2.62. The fourth-order valence-electron chi connectivity index (χ4n) is 3.01. The highest BCUT2D eigenvalue weighted by Gasteiger charge is 2.20. The molecule has 26 heavy (non-hydrogen) atoms. The molecule has 0 aliphatic carbocycles. The fourth-order valence-corrected chi connectivity index (χ4v) is 3.72. The number of benzene rings is 1. The van der Waals surface area contributed by atoms with E-state index in [1.54, 1.807) is 6.92 Å². The minimum Gasteiger partial charge on any atom is -0.492 e. The first-order valence-electron chi connectivity index (χ1n) is 8.39. The van der Waals surface area contributed by atoms with E-state index in [4.69, 9.17) is 0 Å². The first-order chi connectivity index (χ1) is 12.6. The second-order valence-corrected chi connectivity index (χ2v) is 7.50. The van der Waals surface area contributed by atoms with Gasteiger partial charge in [-0.2, -0.15) is 10.1 Å². The molecule has 1 aliphatic rings. The minimum atomic E-state index is -0.352. The Morgan fingerprint density at radius 1 is 1.31 bits per heavy atom. The van der Waals surface area contributed by atoms with Gasteiger partial charge in [-0.1, -0.05) is 30.3 Å². The van der Waals surface area contributed by atoms with Crippen molar-refractivity contribution in [3.8, 4) is 5.88 Å². The van der Waals surface area contributed by atoms with Crippen LogP contribution in [0.4, 0.5) is 5.82 Å². The van der Waals surface area contributed by atoms with Crippen LogP contribution in [0.1, 0.15) is 25.9 Å². The summed E-state index contributed by atoms with van der Waals surface area (Å²) in [5.41, 5.74) is 2.36. The number of hydrogen-bond acceptors (Lipinski definition) is 6. The molecule has 7 nitrogen and oxygen atoms in total. The lowest BCUT2D eigenvalue weighted by atomic mass is 10.2. The normalized spacial score (nSPS) is 14.2. The van der Waals surface area contributed by atoms with Gasteiger partial charge < -0.3 is 10.4 Å². The van der Waals surface area contributed by atoms with E-state index in [0.29, 0.717) is 10.7 Å². The maximum absolute atomic E-state index is 12.3. The van der Waals surface area contributed by atoms with Crippen molar-refractivity contribution in [1.29, 1.82) is 0 Å². The topological polar surface area (TPSA) is 83.3 Å². The molecule has 134 valence electrons. The van der Waals surface area contributed by atoms with Crippen LogP contribution in [0.2, 0.25) is 0 Å². The van der Waals surface area contributed by atoms with E-state index < -0.39 is 0 Å². The number of nitrogens with one attached hydrogen (secondary N) is 1. The van der Waals surface area contributed by atoms with Gasteiger partial charge in [0.05, 0.1) is 17.1 Å². The summed E-state index contributed by atoms with van der Waals surface area (Å²) in [5, 5.41) is 17.0. The minimum absolute atomic E-state index is 0.0964. The van der Waals surface area contributed by atoms with Crippen molar-refractivity contribution < 1.29 is 9.90 Å². The third-order valence-corrected chi connectivity index (χ3v) is 5.29. The third kappa shape index (κ3) is 3.47. The van der Waals surface area contributed by atoms with Gasteiger partial charge >= 0.3 is 0 Å². The summed E-state index contributed by atoms with van der Waals surface area (Å²) in [5.74, 6) is 0.0646. The van der Waals surface area contributed by atoms with Crippen LogP contribution in [-0.4, -0.2) is 37.2 Å². The SMILES string of the molecule is Cc1sc(C(=O)Nc2cc3n(n2)CCN(Cc2ccccc2)C3)nc1O. The summed E-state index contributed by atoms with van der Waals surface area (Å²) in [6.07, 6.45) is 0. The lowest BCUT2D eigenvalue weighted by Gasteiger charge is -2.27. The van der Waals surface area contributed by atoms with Gasteiger partial charge in [0.15, 0.2) is 10.8 Å². The largest absolute Gasteiger partial charge is 0.492 e. The van der Waals surface area contributed by atoms with Gasteiger partial charge in [0, 0.05) is 25.7 Å². The van der Waals surface area contributed by atoms with Crippen LogP contribution in [-0.2, 0) is 19.6 Å². The van der Waals surface area contributed by atoms with Crippen molar-refractivity contribution in [2.45, 2.75) is 26.6 Å². The van der Waals surface area contributed by atoms with Crippen molar-refractivity contribution in [3.63, 3.8) is 0 Å². The number of hydrogen-bond donors (Lipinski definition) is 2. The number of thiazole rings is 1. The second-order valence-electron chi connectivity index (χ2n) is 6.29. The van der Waals surface area contributed by atoms with E-state index in [-0.39, 0.29) is 16.8 Å². The molecule has 4 rings (SSSR count). The van der Waals surface area contributed by atoms with Crippen LogP contribution in [0.5, 0.6) is 5.88 Å². The Hall–Kier alpha value is -2.71. The molecule has 0 bridgehead atoms. The summed E-state index contributed by atoms with van der Waals surface area (Å²) in [7, 11) is 0. The Morgan fingerprint density at radius 3 is 2.85 bits per heavy atom. The van der Waals surface area contributed by atoms with Crippen LogP contribution in [0.3, 0.4) is 0 Å². The van der Waals surface area contributed by atoms with Gasteiger partial charge in [-0.3, -0.25) is 14.4 Å². The number of aromatic nitrogens is 3. The van der Waals surface area contributed by atoms with Crippen molar-refractivity contribution in [2.24, 2.45) is 0 Å². The fraction of sp³-hybridized carbons (Fsp3) is 0.278. The molecule has 0 spiro atoms. The highest BCUT2D eigenvalue weighted by molar-refractivity contribution is 7.13. The van der Waals surface area contributed by atoms with Crippen molar-refractivity contribution >= 4 is 23.1 Å². The van der Waals surface area contributed by atoms with Crippen molar-refractivity contribution in [3.05, 3.63) is 57.5 Å². The summed E-state index contributed by atoms with van der Waals surface area (Å²) in [6.45, 7) is 5.10. The maximum atomic E-state index is 12.3. The van der Waals surface area contributed by atoms with Crippen LogP contribution < -0.4 is 5.32 Å². The van der Waals surface area contributed by atoms with E-state index in [1.807, 2.05) is 16.8 Å². The van der Waals surface area contributed by atoms with Crippen molar-refractivity contribution in [1.82, 2.24) is 19.7 Å². The second kappa shape index (κ2) is 6.89. The average molecular weight is 369 g/mol. The number of amides is 1. The maximum Gasteiger partial charge on any atom is 0.285 e. The van der Waals surface area contributed by atoms with E-state index in [2.05, 4.69) is 44.6 Å². The molecule has 2 aromatic heterocycles. The van der Waals surface area contributed by atoms with E-state index >= 15 is 0 Å². The number of carbonyl (C=O) groups excluding carboxylic acids is 1. The molecule has 2 N–H and O–H groups in total. The lowest BCUT2D eigenvalue weighted by molar-refractivity contribution is 0.102. The summed E-state index contributed by atoms with van der Waals surface area (Å²) in [4.78, 5) is 19.1. The van der Waals surface area contributed by atoms with E-state index in [0.717, 1.165) is 43.2 Å². The van der Waals surface area contributed by atoms with Crippen LogP contribution >= 0.6 is 11.3 Å². The molecule has 1 amide bonds. The zero-order valence-electron chi connectivity index (χ0n) is 14.3. The molecule has 0 radical (unpaired) electrons. The molecule has 1 aliphatic heterocycles. The van der Waals surface area contributed by atoms with Crippen LogP contribution in [0.15, 0.2) is 36.4 Å². The van der Waals surface area contributed by atoms with Crippen LogP contribution in [0.25, 0.3) is 0 Å². The standard InChI is InChI=1S/C18H19N5O2S/c1-12-16(24)20-18(26-12)17(25)19-15-9-14-11-22(7-8-23(14)21-15)10-13-5-3-2-4-6-13/h2-6,9,24H,7-8,10-11H2,1H3,(H,19,21,25). The predicted molar refractivity (Wildman–Crippen MR) is 99.3 cm³/mol. The smallest absolute Gasteiger partial charge is 0.285 e. The lowest BCUT2D eigenvalue weighted by Crippen LogP contribution is -2.33. The first kappa shape index (κ1) is 16.7. The number of fused-ring (bicyclic) bond motifs is 1. The Labute approximate surface area is 154 Å². The van der Waals surface area contributed by atoms with E-state index in [1.165, 1.54) is 5.56 Å². The van der Waals surface area contributed by atoms with Gasteiger partial charge in [0.1, 0.15) is 0 Å². The molecule has 0 saturated carbocycles. The quantitative estimate of drug-likeness (QED) is 0.739. The summed E-state index contributed by atoms with van der Waals surface area (Å²) in [6, 6.07) is 12.3. The highest BCUT2D eigenvalue weighted by Crippen LogP contribution is 2.24. The Kier molecular flexibility index (Phi) is 4.44. The number of nitrogens with zero attached hydrogens (tertiary/aromatic N) is 4. The highest BCUT2D eigenvalue weighted by atomic mass is 32.1. The van der Waals surface area contributed by atoms with Gasteiger partial charge in [-0.15, -0.1) is 11.3 Å². The molecule has 3 aromatic rings. The number of aromatic hydroxyl groups is 1.